The third-order valence-electron chi connectivity index (χ3n) is 3.68. The molecule has 6 nitrogen and oxygen atoms in total. The van der Waals surface area contributed by atoms with Crippen molar-refractivity contribution < 1.29 is 14.6 Å². The van der Waals surface area contributed by atoms with E-state index in [4.69, 9.17) is 21.4 Å². The van der Waals surface area contributed by atoms with E-state index in [9.17, 15) is 10.1 Å². The number of fused-ring (bicyclic) bond motifs is 1. The number of nitrogens with one attached hydrogen (secondary N) is 1. The van der Waals surface area contributed by atoms with Gasteiger partial charge in [0.25, 0.3) is 0 Å². The summed E-state index contributed by atoms with van der Waals surface area (Å²) in [4.78, 5) is 18.3. The van der Waals surface area contributed by atoms with Gasteiger partial charge in [0, 0.05) is 0 Å². The third-order valence-corrected chi connectivity index (χ3v) is 4.55. The number of nitriles is 1. The number of allylic oxidation sites excluding steroid dienone is 1. The average molecular weight is 447 g/mol. The Kier molecular flexibility index (Phi) is 5.49. The van der Waals surface area contributed by atoms with E-state index in [1.807, 2.05) is 25.1 Å². The quantitative estimate of drug-likeness (QED) is 0.548. The number of hydrogen-bond donors (Lipinski definition) is 2. The number of carbonyl (C=O) groups is 1. The lowest BCUT2D eigenvalue weighted by Crippen LogP contribution is -2.10. The van der Waals surface area contributed by atoms with Gasteiger partial charge in [0.1, 0.15) is 11.9 Å². The van der Waals surface area contributed by atoms with E-state index >= 15 is 0 Å². The van der Waals surface area contributed by atoms with Gasteiger partial charge in [-0.25, -0.2) is 9.78 Å². The molecule has 0 atom stereocenters. The summed E-state index contributed by atoms with van der Waals surface area (Å²) in [7, 11) is 0. The van der Waals surface area contributed by atoms with Gasteiger partial charge < -0.3 is 14.8 Å². The number of imidazole rings is 1. The Balaban J connectivity index is 1.97. The zero-order valence-electron chi connectivity index (χ0n) is 14.1. The molecule has 3 rings (SSSR count). The van der Waals surface area contributed by atoms with Crippen LogP contribution < -0.4 is 4.74 Å². The van der Waals surface area contributed by atoms with Crippen molar-refractivity contribution in [1.82, 2.24) is 9.97 Å². The topological polar surface area (TPSA) is 99.0 Å². The number of nitrogens with zero attached hydrogens (tertiary/aromatic N) is 2. The normalized spacial score (nSPS) is 11.4. The Morgan fingerprint density at radius 1 is 1.44 bits per heavy atom. The van der Waals surface area contributed by atoms with Crippen LogP contribution in [0.25, 0.3) is 22.7 Å². The minimum Gasteiger partial charge on any atom is -0.479 e. The smallest absolute Gasteiger partial charge is 0.341 e. The molecule has 8 heteroatoms. The molecular weight excluding hydrogens is 434 g/mol. The Morgan fingerprint density at radius 2 is 2.22 bits per heavy atom. The fourth-order valence-corrected chi connectivity index (χ4v) is 3.49. The molecule has 0 aliphatic carbocycles. The van der Waals surface area contributed by atoms with Crippen molar-refractivity contribution >= 4 is 56.2 Å². The van der Waals surface area contributed by atoms with Crippen molar-refractivity contribution in [1.29, 1.82) is 5.26 Å². The predicted molar refractivity (Wildman–Crippen MR) is 107 cm³/mol. The molecule has 2 aromatic carbocycles. The highest BCUT2D eigenvalue weighted by Gasteiger charge is 2.13. The molecule has 0 saturated carbocycles. The van der Waals surface area contributed by atoms with Gasteiger partial charge in [-0.3, -0.25) is 0 Å². The first-order chi connectivity index (χ1) is 12.9. The van der Waals surface area contributed by atoms with Crippen LogP contribution in [0, 0.1) is 18.3 Å². The molecule has 2 N–H and O–H groups in total. The van der Waals surface area contributed by atoms with Crippen molar-refractivity contribution in [2.24, 2.45) is 0 Å². The predicted octanol–water partition coefficient (Wildman–Crippen LogP) is 4.81. The van der Waals surface area contributed by atoms with Crippen molar-refractivity contribution in [3.63, 3.8) is 0 Å². The van der Waals surface area contributed by atoms with Gasteiger partial charge in [-0.15, -0.1) is 0 Å². The van der Waals surface area contributed by atoms with Gasteiger partial charge >= 0.3 is 5.97 Å². The zero-order valence-corrected chi connectivity index (χ0v) is 16.4. The molecular formula is C19H13BrClN3O3. The average Bonchev–Trinajstić information content (AvgIpc) is 3.01. The SMILES string of the molecule is Cc1ccc2nc(C(C#N)=Cc3cc(Cl)c(OCC(=O)O)c(Br)c3)[nH]c2c1. The number of aryl methyl sites for hydroxylation is 1. The first-order valence-electron chi connectivity index (χ1n) is 7.79. The second-order valence-electron chi connectivity index (χ2n) is 5.77. The van der Waals surface area contributed by atoms with Crippen LogP contribution in [0.1, 0.15) is 17.0 Å². The number of hydrogen-bond acceptors (Lipinski definition) is 4. The fraction of sp³-hybridized carbons (Fsp3) is 0.105. The number of aromatic nitrogens is 2. The minimum atomic E-state index is -1.10. The number of aromatic amines is 1. The molecule has 0 fully saturated rings. The van der Waals surface area contributed by atoms with Crippen molar-refractivity contribution in [2.45, 2.75) is 6.92 Å². The molecule has 0 radical (unpaired) electrons. The summed E-state index contributed by atoms with van der Waals surface area (Å²) < 4.78 is 5.65. The highest BCUT2D eigenvalue weighted by Crippen LogP contribution is 2.35. The molecule has 0 saturated heterocycles. The van der Waals surface area contributed by atoms with Crippen molar-refractivity contribution in [3.05, 3.63) is 56.8 Å². The standard InChI is InChI=1S/C19H13BrClN3O3/c1-10-2-3-15-16(4-10)24-19(23-15)12(8-22)5-11-6-13(20)18(14(21)7-11)27-9-17(25)26/h2-7H,9H2,1H3,(H,23,24)(H,25,26). The van der Waals surface area contributed by atoms with Gasteiger partial charge in [0.05, 0.1) is 26.1 Å². The van der Waals surface area contributed by atoms with E-state index in [0.29, 0.717) is 21.4 Å². The Labute approximate surface area is 168 Å². The molecule has 27 heavy (non-hydrogen) atoms. The maximum absolute atomic E-state index is 10.7. The van der Waals surface area contributed by atoms with E-state index in [1.165, 1.54) is 0 Å². The lowest BCUT2D eigenvalue weighted by Gasteiger charge is -2.09. The first-order valence-corrected chi connectivity index (χ1v) is 8.96. The molecule has 0 unspecified atom stereocenters. The van der Waals surface area contributed by atoms with E-state index in [2.05, 4.69) is 32.0 Å². The van der Waals surface area contributed by atoms with Crippen LogP contribution in [0.2, 0.25) is 5.02 Å². The Bertz CT molecular complexity index is 1090. The van der Waals surface area contributed by atoms with Gasteiger partial charge in [0.15, 0.2) is 12.4 Å². The van der Waals surface area contributed by atoms with Gasteiger partial charge in [-0.05, 0) is 64.3 Å². The van der Waals surface area contributed by atoms with Gasteiger partial charge in [-0.2, -0.15) is 5.26 Å². The van der Waals surface area contributed by atoms with Crippen molar-refractivity contribution in [3.8, 4) is 11.8 Å². The van der Waals surface area contributed by atoms with Crippen LogP contribution in [-0.4, -0.2) is 27.7 Å². The van der Waals surface area contributed by atoms with Gasteiger partial charge in [-0.1, -0.05) is 17.7 Å². The van der Waals surface area contributed by atoms with Crippen LogP contribution in [-0.2, 0) is 4.79 Å². The number of halogens is 2. The molecule has 0 aliphatic rings. The lowest BCUT2D eigenvalue weighted by molar-refractivity contribution is -0.139. The molecule has 0 amide bonds. The molecule has 0 bridgehead atoms. The number of H-pyrrole nitrogens is 1. The third kappa shape index (κ3) is 4.30. The summed E-state index contributed by atoms with van der Waals surface area (Å²) in [6, 6.07) is 11.2. The number of ether oxygens (including phenoxy) is 1. The Morgan fingerprint density at radius 3 is 2.89 bits per heavy atom. The molecule has 0 spiro atoms. The number of rotatable bonds is 5. The molecule has 136 valence electrons. The highest BCUT2D eigenvalue weighted by molar-refractivity contribution is 9.10. The molecule has 3 aromatic rings. The van der Waals surface area contributed by atoms with E-state index in [1.54, 1.807) is 18.2 Å². The number of carboxylic acid groups (broad SMARTS) is 1. The van der Waals surface area contributed by atoms with Crippen molar-refractivity contribution in [2.75, 3.05) is 6.61 Å². The lowest BCUT2D eigenvalue weighted by atomic mass is 10.1. The van der Waals surface area contributed by atoms with E-state index in [0.717, 1.165) is 16.6 Å². The highest BCUT2D eigenvalue weighted by atomic mass is 79.9. The number of benzene rings is 2. The van der Waals surface area contributed by atoms with Crippen LogP contribution in [0.15, 0.2) is 34.8 Å². The maximum Gasteiger partial charge on any atom is 0.341 e. The second-order valence-corrected chi connectivity index (χ2v) is 7.03. The summed E-state index contributed by atoms with van der Waals surface area (Å²) in [6.07, 6.45) is 1.64. The summed E-state index contributed by atoms with van der Waals surface area (Å²) in [5.41, 5.74) is 3.69. The summed E-state index contributed by atoms with van der Waals surface area (Å²) in [5, 5.41) is 18.5. The number of aliphatic carboxylic acids is 1. The summed E-state index contributed by atoms with van der Waals surface area (Å²) in [6.45, 7) is 1.48. The second kappa shape index (κ2) is 7.82. The molecule has 0 aliphatic heterocycles. The largest absolute Gasteiger partial charge is 0.479 e. The van der Waals surface area contributed by atoms with Gasteiger partial charge in [0.2, 0.25) is 0 Å². The van der Waals surface area contributed by atoms with Crippen LogP contribution in [0.3, 0.4) is 0 Å². The monoisotopic (exact) mass is 445 g/mol. The molecule has 1 aromatic heterocycles. The van der Waals surface area contributed by atoms with E-state index < -0.39 is 12.6 Å². The summed E-state index contributed by atoms with van der Waals surface area (Å²) >= 11 is 9.50. The zero-order chi connectivity index (χ0) is 19.6. The Hall–Kier alpha value is -2.82. The van der Waals surface area contributed by atoms with Crippen LogP contribution >= 0.6 is 27.5 Å². The van der Waals surface area contributed by atoms with E-state index in [-0.39, 0.29) is 10.8 Å². The molecule has 1 heterocycles. The van der Waals surface area contributed by atoms with Crippen LogP contribution in [0.5, 0.6) is 5.75 Å². The summed E-state index contributed by atoms with van der Waals surface area (Å²) in [5.74, 6) is -0.417. The number of carboxylic acids is 1. The maximum atomic E-state index is 10.7. The fourth-order valence-electron chi connectivity index (χ4n) is 2.51. The first kappa shape index (κ1) is 19.0. The minimum absolute atomic E-state index is 0.230. The van der Waals surface area contributed by atoms with Crippen LogP contribution in [0.4, 0.5) is 0 Å².